The molecule has 3 aromatic rings. The second kappa shape index (κ2) is 11.0. The Kier molecular flexibility index (Phi) is 7.49. The van der Waals surface area contributed by atoms with Crippen LogP contribution in [0.5, 0.6) is 0 Å². The van der Waals surface area contributed by atoms with E-state index >= 15 is 0 Å². The minimum absolute atomic E-state index is 0.0347. The maximum Gasteiger partial charge on any atom is 0.278 e. The molecule has 2 amide bonds. The number of thioether (sulfide) groups is 1. The molecule has 0 saturated carbocycles. The number of oxime groups is 1. The van der Waals surface area contributed by atoms with Crippen LogP contribution >= 0.6 is 23.3 Å². The van der Waals surface area contributed by atoms with Crippen molar-refractivity contribution in [1.82, 2.24) is 24.1 Å². The van der Waals surface area contributed by atoms with Gasteiger partial charge in [0.1, 0.15) is 23.5 Å². The van der Waals surface area contributed by atoms with Crippen LogP contribution in [0.3, 0.4) is 0 Å². The maximum absolute atomic E-state index is 13.1. The Morgan fingerprint density at radius 1 is 1.38 bits per heavy atom. The van der Waals surface area contributed by atoms with Crippen molar-refractivity contribution in [1.29, 1.82) is 0 Å². The van der Waals surface area contributed by atoms with Crippen molar-refractivity contribution in [3.05, 3.63) is 47.7 Å². The van der Waals surface area contributed by atoms with Gasteiger partial charge in [0.15, 0.2) is 17.9 Å². The van der Waals surface area contributed by atoms with Gasteiger partial charge in [-0.05, 0) is 13.0 Å². The maximum atomic E-state index is 13.1. The minimum atomic E-state index is -1.46. The number of pyridine rings is 1. The van der Waals surface area contributed by atoms with E-state index in [1.165, 1.54) is 16.7 Å². The summed E-state index contributed by atoms with van der Waals surface area (Å²) in [5.41, 5.74) is 13.3. The first-order chi connectivity index (χ1) is 18.8. The number of rotatable bonds is 10. The number of nitrogens with zero attached hydrogens (tertiary/aromatic N) is 6. The highest BCUT2D eigenvalue weighted by Crippen LogP contribution is 2.40. The van der Waals surface area contributed by atoms with Gasteiger partial charge in [-0.15, -0.1) is 11.8 Å². The van der Waals surface area contributed by atoms with E-state index in [1.54, 1.807) is 6.92 Å². The molecule has 39 heavy (non-hydrogen) atoms. The highest BCUT2D eigenvalue weighted by atomic mass is 32.2. The first-order valence-corrected chi connectivity index (χ1v) is 13.8. The number of nitrogen functional groups attached to an aromatic ring is 1. The van der Waals surface area contributed by atoms with E-state index in [0.717, 1.165) is 22.6 Å². The van der Waals surface area contributed by atoms with E-state index in [9.17, 15) is 19.5 Å². The predicted octanol–water partition coefficient (Wildman–Crippen LogP) is -1.83. The van der Waals surface area contributed by atoms with Crippen molar-refractivity contribution in [2.45, 2.75) is 31.4 Å². The highest BCUT2D eigenvalue weighted by Gasteiger charge is 2.53. The molecule has 5 N–H and O–H groups in total. The molecule has 1 fully saturated rings. The number of fused-ring (bicyclic) bond motifs is 2. The zero-order valence-corrected chi connectivity index (χ0v) is 22.4. The van der Waals surface area contributed by atoms with Gasteiger partial charge >= 0.3 is 0 Å². The van der Waals surface area contributed by atoms with E-state index in [2.05, 4.69) is 19.8 Å². The predicted molar refractivity (Wildman–Crippen MR) is 141 cm³/mol. The number of aliphatic carboxylic acids is 1. The number of amides is 2. The Morgan fingerprint density at radius 2 is 2.21 bits per heavy atom. The number of carboxylic acids is 1. The van der Waals surface area contributed by atoms with Gasteiger partial charge in [0.05, 0.1) is 11.7 Å². The highest BCUT2D eigenvalue weighted by molar-refractivity contribution is 8.00. The molecule has 2 atom stereocenters. The third-order valence-corrected chi connectivity index (χ3v) is 8.11. The number of hydrogen-bond acceptors (Lipinski definition) is 12. The minimum Gasteiger partial charge on any atom is -0.543 e. The SMILES string of the molecule is CCO/N=C(\C(=O)NC1C(=O)N2C(C(=O)[O-])=C(C[n+]3cccc4c3ccn4CCN)CSC12)c1nsc(N)n1. The molecule has 0 aliphatic carbocycles. The number of anilines is 1. The molecular formula is C23H25N9O5S2. The molecule has 204 valence electrons. The number of β-lactam (4-membered cyclic amide) rings is 1. The Labute approximate surface area is 230 Å². The normalized spacial score (nSPS) is 19.2. The fourth-order valence-electron chi connectivity index (χ4n) is 4.54. The molecule has 2 unspecified atom stereocenters. The molecular weight excluding hydrogens is 546 g/mol. The van der Waals surface area contributed by atoms with Gasteiger partial charge in [-0.2, -0.15) is 13.9 Å². The zero-order valence-electron chi connectivity index (χ0n) is 20.8. The van der Waals surface area contributed by atoms with E-state index in [-0.39, 0.29) is 35.5 Å². The average molecular weight is 572 g/mol. The van der Waals surface area contributed by atoms with Crippen LogP contribution in [0.25, 0.3) is 11.0 Å². The van der Waals surface area contributed by atoms with Crippen LogP contribution < -0.4 is 26.5 Å². The summed E-state index contributed by atoms with van der Waals surface area (Å²) < 4.78 is 7.94. The molecule has 5 heterocycles. The molecule has 0 bridgehead atoms. The van der Waals surface area contributed by atoms with Gasteiger partial charge in [-0.25, -0.2) is 0 Å². The number of hydrogen-bond donors (Lipinski definition) is 3. The quantitative estimate of drug-likeness (QED) is 0.108. The lowest BCUT2D eigenvalue weighted by Gasteiger charge is -2.50. The fourth-order valence-corrected chi connectivity index (χ4v) is 6.31. The number of carbonyl (C=O) groups excluding carboxylic acids is 3. The number of nitrogens with two attached hydrogens (primary N) is 2. The van der Waals surface area contributed by atoms with Crippen molar-refractivity contribution in [3.63, 3.8) is 0 Å². The first-order valence-electron chi connectivity index (χ1n) is 12.0. The van der Waals surface area contributed by atoms with Gasteiger partial charge in [-0.3, -0.25) is 14.5 Å². The Morgan fingerprint density at radius 3 is 2.90 bits per heavy atom. The summed E-state index contributed by atoms with van der Waals surface area (Å²) in [5, 5.41) is 18.1. The summed E-state index contributed by atoms with van der Waals surface area (Å²) in [6.07, 6.45) is 3.78. The van der Waals surface area contributed by atoms with Crippen LogP contribution in [-0.4, -0.2) is 72.6 Å². The number of carbonyl (C=O) groups is 3. The standard InChI is InChI=1S/C23H25N9O5S2/c1-2-37-28-15(18-27-23(25)39-29-18)19(33)26-16-20(34)32-17(22(35)36)12(11-38-21(16)32)10-31-7-3-4-13-14(31)5-8-30(13)9-6-24/h3-5,7-8,16,21H,2,6,9-11,24H2,1H3,(H3-,25,26,27,29,33,35,36)/b28-15-. The summed E-state index contributed by atoms with van der Waals surface area (Å²) in [7, 11) is 0. The molecule has 2 aliphatic rings. The third kappa shape index (κ3) is 4.93. The Bertz CT molecular complexity index is 1510. The third-order valence-electron chi connectivity index (χ3n) is 6.23. The van der Waals surface area contributed by atoms with E-state index in [4.69, 9.17) is 16.3 Å². The van der Waals surface area contributed by atoms with Crippen LogP contribution in [0, 0.1) is 0 Å². The fraction of sp³-hybridized carbons (Fsp3) is 0.348. The second-order valence-electron chi connectivity index (χ2n) is 8.62. The van der Waals surface area contributed by atoms with Crippen LogP contribution in [0.1, 0.15) is 12.7 Å². The number of aromatic nitrogens is 4. The molecule has 1 saturated heterocycles. The van der Waals surface area contributed by atoms with Crippen LogP contribution in [0.15, 0.2) is 47.0 Å². The Hall–Kier alpha value is -4.02. The molecule has 5 rings (SSSR count). The van der Waals surface area contributed by atoms with E-state index < -0.39 is 29.2 Å². The summed E-state index contributed by atoms with van der Waals surface area (Å²) in [5.74, 6) is -2.48. The molecule has 0 spiro atoms. The lowest BCUT2D eigenvalue weighted by Crippen LogP contribution is -2.71. The molecule has 2 aliphatic heterocycles. The lowest BCUT2D eigenvalue weighted by molar-refractivity contribution is -0.663. The smallest absolute Gasteiger partial charge is 0.278 e. The first kappa shape index (κ1) is 26.6. The summed E-state index contributed by atoms with van der Waals surface area (Å²) in [4.78, 5) is 48.5. The monoisotopic (exact) mass is 571 g/mol. The van der Waals surface area contributed by atoms with Gasteiger partial charge in [0.25, 0.3) is 11.8 Å². The van der Waals surface area contributed by atoms with Gasteiger partial charge in [0.2, 0.25) is 17.1 Å². The zero-order chi connectivity index (χ0) is 27.7. The van der Waals surface area contributed by atoms with Gasteiger partial charge < -0.3 is 36.1 Å². The largest absolute Gasteiger partial charge is 0.543 e. The molecule has 3 aromatic heterocycles. The number of carboxylic acid groups (broad SMARTS) is 1. The van der Waals surface area contributed by atoms with Crippen molar-refractivity contribution >= 4 is 63.0 Å². The summed E-state index contributed by atoms with van der Waals surface area (Å²) >= 11 is 2.23. The molecule has 0 radical (unpaired) electrons. The summed E-state index contributed by atoms with van der Waals surface area (Å²) in [6, 6.07) is 4.80. The topological polar surface area (TPSA) is 198 Å². The van der Waals surface area contributed by atoms with Gasteiger partial charge in [-0.1, -0.05) is 5.16 Å². The van der Waals surface area contributed by atoms with Crippen LogP contribution in [-0.2, 0) is 32.3 Å². The summed E-state index contributed by atoms with van der Waals surface area (Å²) in [6.45, 7) is 3.26. The Balaban J connectivity index is 1.37. The van der Waals surface area contributed by atoms with Crippen LogP contribution in [0.4, 0.5) is 5.13 Å². The lowest BCUT2D eigenvalue weighted by atomic mass is 10.0. The molecule has 16 heteroatoms. The van der Waals surface area contributed by atoms with E-state index in [0.29, 0.717) is 24.4 Å². The molecule has 0 aromatic carbocycles. The molecule has 14 nitrogen and oxygen atoms in total. The van der Waals surface area contributed by atoms with Gasteiger partial charge in [0, 0.05) is 54.3 Å². The average Bonchev–Trinajstić information content (AvgIpc) is 3.54. The van der Waals surface area contributed by atoms with Crippen LogP contribution in [0.2, 0.25) is 0 Å². The second-order valence-corrected chi connectivity index (χ2v) is 10.5. The van der Waals surface area contributed by atoms with Crippen molar-refractivity contribution < 1.29 is 28.9 Å². The van der Waals surface area contributed by atoms with Crippen molar-refractivity contribution in [2.75, 3.05) is 24.6 Å². The number of nitrogens with one attached hydrogen (secondary N) is 1. The van der Waals surface area contributed by atoms with E-state index in [1.807, 2.05) is 39.7 Å². The van der Waals surface area contributed by atoms with Crippen molar-refractivity contribution in [3.8, 4) is 0 Å². The van der Waals surface area contributed by atoms with Crippen molar-refractivity contribution in [2.24, 2.45) is 10.9 Å².